The zero-order valence-electron chi connectivity index (χ0n) is 18.9. The molecule has 28 heavy (non-hydrogen) atoms. The molecule has 0 saturated heterocycles. The van der Waals surface area contributed by atoms with Gasteiger partial charge < -0.3 is 9.88 Å². The maximum absolute atomic E-state index is 12.5. The van der Waals surface area contributed by atoms with Crippen LogP contribution in [0.2, 0.25) is 0 Å². The van der Waals surface area contributed by atoms with Crippen molar-refractivity contribution in [2.45, 2.75) is 86.6 Å². The number of aryl methyl sites for hydroxylation is 1. The van der Waals surface area contributed by atoms with Gasteiger partial charge in [0.15, 0.2) is 5.78 Å². The summed E-state index contributed by atoms with van der Waals surface area (Å²) in [6.45, 7) is 14.9. The van der Waals surface area contributed by atoms with E-state index in [0.29, 0.717) is 12.5 Å². The molecule has 1 aromatic heterocycles. The summed E-state index contributed by atoms with van der Waals surface area (Å²) < 4.78 is 2.26. The molecule has 2 aromatic rings. The number of fused-ring (bicyclic) bond motifs is 1. The maximum atomic E-state index is 12.5. The van der Waals surface area contributed by atoms with Crippen LogP contribution >= 0.6 is 0 Å². The van der Waals surface area contributed by atoms with Gasteiger partial charge in [-0.2, -0.15) is 0 Å². The molecule has 0 aliphatic heterocycles. The third kappa shape index (κ3) is 5.06. The number of anilines is 1. The number of nitrogens with zero attached hydrogens (tertiary/aromatic N) is 1. The Balaban J connectivity index is 0.00000136. The highest BCUT2D eigenvalue weighted by atomic mass is 16.1. The molecular formula is C25H38N2O. The Morgan fingerprint density at radius 2 is 1.79 bits per heavy atom. The molecule has 0 saturated carbocycles. The number of benzene rings is 1. The zero-order chi connectivity index (χ0) is 20.9. The smallest absolute Gasteiger partial charge is 0.165 e. The molecule has 0 radical (unpaired) electrons. The second-order valence-corrected chi connectivity index (χ2v) is 8.66. The minimum absolute atomic E-state index is 0.0306. The van der Waals surface area contributed by atoms with E-state index in [9.17, 15) is 4.79 Å². The minimum atomic E-state index is 0.0306. The van der Waals surface area contributed by atoms with Crippen molar-refractivity contribution >= 4 is 11.5 Å². The summed E-state index contributed by atoms with van der Waals surface area (Å²) in [6.07, 6.45) is 5.26. The Morgan fingerprint density at radius 1 is 1.14 bits per heavy atom. The third-order valence-corrected chi connectivity index (χ3v) is 5.40. The monoisotopic (exact) mass is 382 g/mol. The second-order valence-electron chi connectivity index (χ2n) is 8.66. The van der Waals surface area contributed by atoms with Crippen LogP contribution in [0.5, 0.6) is 0 Å². The van der Waals surface area contributed by atoms with Gasteiger partial charge in [0, 0.05) is 40.8 Å². The van der Waals surface area contributed by atoms with E-state index in [0.717, 1.165) is 29.1 Å². The molecular weight excluding hydrogens is 344 g/mol. The standard InChI is InChI=1S/C23H32N2O.C2H6/c1-6-7-8-16(2)24-18-9-11-19(12-10-18)25-17(3)13-20-21(25)14-23(4,5)15-22(20)26;1-2/h9-13,16,24H,6-8,14-15H2,1-5H3;1-2H3. The Morgan fingerprint density at radius 3 is 2.39 bits per heavy atom. The first kappa shape index (κ1) is 22.3. The molecule has 0 bridgehead atoms. The van der Waals surface area contributed by atoms with Gasteiger partial charge in [0.05, 0.1) is 0 Å². The van der Waals surface area contributed by atoms with E-state index < -0.39 is 0 Å². The van der Waals surface area contributed by atoms with Crippen molar-refractivity contribution in [3.63, 3.8) is 0 Å². The average molecular weight is 383 g/mol. The molecule has 0 fully saturated rings. The zero-order valence-corrected chi connectivity index (χ0v) is 18.9. The lowest BCUT2D eigenvalue weighted by molar-refractivity contribution is 0.0911. The molecule has 3 heteroatoms. The molecule has 154 valence electrons. The topological polar surface area (TPSA) is 34.0 Å². The van der Waals surface area contributed by atoms with E-state index in [4.69, 9.17) is 0 Å². The molecule has 1 heterocycles. The van der Waals surface area contributed by atoms with Crippen LogP contribution in [-0.4, -0.2) is 16.4 Å². The predicted molar refractivity (Wildman–Crippen MR) is 121 cm³/mol. The molecule has 1 aliphatic rings. The molecule has 1 N–H and O–H groups in total. The van der Waals surface area contributed by atoms with Crippen LogP contribution in [0.1, 0.15) is 89.0 Å². The Kier molecular flexibility index (Phi) is 7.51. The van der Waals surface area contributed by atoms with Crippen molar-refractivity contribution in [1.29, 1.82) is 0 Å². The van der Waals surface area contributed by atoms with Gasteiger partial charge >= 0.3 is 0 Å². The summed E-state index contributed by atoms with van der Waals surface area (Å²) in [4.78, 5) is 12.5. The molecule has 1 unspecified atom stereocenters. The van der Waals surface area contributed by atoms with Crippen LogP contribution < -0.4 is 5.32 Å². The summed E-state index contributed by atoms with van der Waals surface area (Å²) in [5.74, 6) is 0.279. The van der Waals surface area contributed by atoms with Gasteiger partial charge in [0.1, 0.15) is 0 Å². The average Bonchev–Trinajstić information content (AvgIpc) is 2.97. The Hall–Kier alpha value is -2.03. The van der Waals surface area contributed by atoms with E-state index in [1.54, 1.807) is 0 Å². The van der Waals surface area contributed by atoms with E-state index in [1.165, 1.54) is 25.0 Å². The van der Waals surface area contributed by atoms with Crippen molar-refractivity contribution in [2.24, 2.45) is 5.41 Å². The number of nitrogens with one attached hydrogen (secondary N) is 1. The van der Waals surface area contributed by atoms with Crippen LogP contribution in [-0.2, 0) is 6.42 Å². The molecule has 0 spiro atoms. The maximum Gasteiger partial charge on any atom is 0.165 e. The lowest BCUT2D eigenvalue weighted by Gasteiger charge is -2.30. The molecule has 1 aromatic carbocycles. The molecule has 1 atom stereocenters. The predicted octanol–water partition coefficient (Wildman–Crippen LogP) is 6.96. The largest absolute Gasteiger partial charge is 0.383 e. The number of hydrogen-bond acceptors (Lipinski definition) is 2. The third-order valence-electron chi connectivity index (χ3n) is 5.40. The number of hydrogen-bond donors (Lipinski definition) is 1. The van der Waals surface area contributed by atoms with Gasteiger partial charge in [-0.15, -0.1) is 0 Å². The van der Waals surface area contributed by atoms with Gasteiger partial charge in [-0.1, -0.05) is 47.5 Å². The van der Waals surface area contributed by atoms with E-state index in [2.05, 4.69) is 74.8 Å². The number of ketones is 1. The number of rotatable bonds is 6. The molecule has 3 rings (SSSR count). The fourth-order valence-electron chi connectivity index (χ4n) is 4.08. The summed E-state index contributed by atoms with van der Waals surface area (Å²) >= 11 is 0. The van der Waals surface area contributed by atoms with E-state index >= 15 is 0 Å². The Labute approximate surface area is 171 Å². The van der Waals surface area contributed by atoms with E-state index in [-0.39, 0.29) is 11.2 Å². The molecule has 3 nitrogen and oxygen atoms in total. The van der Waals surface area contributed by atoms with Crippen LogP contribution in [0.4, 0.5) is 5.69 Å². The van der Waals surface area contributed by atoms with Gasteiger partial charge in [-0.05, 0) is 62.4 Å². The number of carbonyl (C=O) groups excluding carboxylic acids is 1. The summed E-state index contributed by atoms with van der Waals surface area (Å²) in [5, 5.41) is 3.58. The number of unbranched alkanes of at least 4 members (excludes halogenated alkanes) is 1. The van der Waals surface area contributed by atoms with Gasteiger partial charge in [0.2, 0.25) is 0 Å². The quantitative estimate of drug-likeness (QED) is 0.586. The second kappa shape index (κ2) is 9.45. The Bertz CT molecular complexity index is 784. The highest BCUT2D eigenvalue weighted by Crippen LogP contribution is 2.37. The van der Waals surface area contributed by atoms with Gasteiger partial charge in [-0.3, -0.25) is 4.79 Å². The minimum Gasteiger partial charge on any atom is -0.383 e. The van der Waals surface area contributed by atoms with E-state index in [1.807, 2.05) is 13.8 Å². The van der Waals surface area contributed by atoms with Crippen LogP contribution in [0.3, 0.4) is 0 Å². The first-order chi connectivity index (χ1) is 13.3. The van der Waals surface area contributed by atoms with Crippen LogP contribution in [0.15, 0.2) is 30.3 Å². The summed E-state index contributed by atoms with van der Waals surface area (Å²) in [5.41, 5.74) is 5.55. The van der Waals surface area contributed by atoms with Crippen LogP contribution in [0, 0.1) is 12.3 Å². The first-order valence-electron chi connectivity index (χ1n) is 10.9. The highest BCUT2D eigenvalue weighted by molar-refractivity contribution is 5.99. The lowest BCUT2D eigenvalue weighted by Crippen LogP contribution is -2.27. The van der Waals surface area contributed by atoms with Crippen molar-refractivity contribution in [3.05, 3.63) is 47.3 Å². The van der Waals surface area contributed by atoms with Crippen molar-refractivity contribution in [1.82, 2.24) is 4.57 Å². The summed E-state index contributed by atoms with van der Waals surface area (Å²) in [6, 6.07) is 11.2. The molecule has 0 amide bonds. The van der Waals surface area contributed by atoms with Crippen molar-refractivity contribution in [2.75, 3.05) is 5.32 Å². The lowest BCUT2D eigenvalue weighted by atomic mass is 9.76. The van der Waals surface area contributed by atoms with Gasteiger partial charge in [0.25, 0.3) is 0 Å². The fraction of sp³-hybridized carbons (Fsp3) is 0.560. The van der Waals surface area contributed by atoms with Crippen molar-refractivity contribution in [3.8, 4) is 5.69 Å². The SMILES string of the molecule is CC.CCCCC(C)Nc1ccc(-n2c(C)cc3c2CC(C)(C)CC3=O)cc1. The number of carbonyl (C=O) groups is 1. The number of aromatic nitrogens is 1. The van der Waals surface area contributed by atoms with Crippen LogP contribution in [0.25, 0.3) is 5.69 Å². The van der Waals surface area contributed by atoms with Gasteiger partial charge in [-0.25, -0.2) is 0 Å². The van der Waals surface area contributed by atoms with Crippen molar-refractivity contribution < 1.29 is 4.79 Å². The normalized spacial score (nSPS) is 16.0. The number of Topliss-reactive ketones (excluding diaryl/α,β-unsaturated/α-hetero) is 1. The first-order valence-corrected chi connectivity index (χ1v) is 10.9. The molecule has 1 aliphatic carbocycles. The highest BCUT2D eigenvalue weighted by Gasteiger charge is 2.34. The summed E-state index contributed by atoms with van der Waals surface area (Å²) in [7, 11) is 0. The fourth-order valence-corrected chi connectivity index (χ4v) is 4.08.